The second kappa shape index (κ2) is 4.73. The SMILES string of the molecule is CC(C)C(C)OC(=O)CC#N. The topological polar surface area (TPSA) is 50.1 Å². The number of nitriles is 1. The Balaban J connectivity index is 3.68. The van der Waals surface area contributed by atoms with E-state index in [9.17, 15) is 4.79 Å². The van der Waals surface area contributed by atoms with Gasteiger partial charge in [-0.25, -0.2) is 0 Å². The molecule has 0 bridgehead atoms. The van der Waals surface area contributed by atoms with Crippen molar-refractivity contribution in [1.82, 2.24) is 0 Å². The lowest BCUT2D eigenvalue weighted by Crippen LogP contribution is -2.19. The van der Waals surface area contributed by atoms with Crippen molar-refractivity contribution in [2.45, 2.75) is 33.3 Å². The maximum atomic E-state index is 10.7. The predicted molar refractivity (Wildman–Crippen MR) is 40.6 cm³/mol. The molecule has 11 heavy (non-hydrogen) atoms. The van der Waals surface area contributed by atoms with Gasteiger partial charge in [0, 0.05) is 0 Å². The van der Waals surface area contributed by atoms with Gasteiger partial charge >= 0.3 is 5.97 Å². The average molecular weight is 155 g/mol. The molecule has 1 atom stereocenters. The normalized spacial score (nSPS) is 12.3. The van der Waals surface area contributed by atoms with Crippen molar-refractivity contribution in [3.05, 3.63) is 0 Å². The first-order valence-electron chi connectivity index (χ1n) is 3.64. The summed E-state index contributed by atoms with van der Waals surface area (Å²) in [7, 11) is 0. The van der Waals surface area contributed by atoms with E-state index in [2.05, 4.69) is 0 Å². The molecule has 0 saturated carbocycles. The van der Waals surface area contributed by atoms with Gasteiger partial charge in [-0.05, 0) is 12.8 Å². The summed E-state index contributed by atoms with van der Waals surface area (Å²) < 4.78 is 4.89. The van der Waals surface area contributed by atoms with E-state index in [0.29, 0.717) is 5.92 Å². The molecule has 0 fully saturated rings. The van der Waals surface area contributed by atoms with Crippen LogP contribution in [0, 0.1) is 17.2 Å². The molecule has 1 unspecified atom stereocenters. The number of hydrogen-bond acceptors (Lipinski definition) is 3. The molecule has 0 rings (SSSR count). The minimum Gasteiger partial charge on any atom is -0.462 e. The van der Waals surface area contributed by atoms with Crippen LogP contribution in [-0.2, 0) is 9.53 Å². The molecule has 62 valence electrons. The lowest BCUT2D eigenvalue weighted by Gasteiger charge is -2.15. The van der Waals surface area contributed by atoms with Gasteiger partial charge in [0.15, 0.2) is 0 Å². The summed E-state index contributed by atoms with van der Waals surface area (Å²) >= 11 is 0. The van der Waals surface area contributed by atoms with E-state index in [1.54, 1.807) is 6.07 Å². The Morgan fingerprint density at radius 1 is 1.55 bits per heavy atom. The van der Waals surface area contributed by atoms with Crippen LogP contribution in [0.25, 0.3) is 0 Å². The first-order chi connectivity index (χ1) is 5.07. The molecule has 0 amide bonds. The van der Waals surface area contributed by atoms with Crippen LogP contribution < -0.4 is 0 Å². The molecule has 0 aliphatic rings. The predicted octanol–water partition coefficient (Wildman–Crippen LogP) is 1.49. The Morgan fingerprint density at radius 3 is 2.45 bits per heavy atom. The van der Waals surface area contributed by atoms with E-state index in [-0.39, 0.29) is 12.5 Å². The molecule has 0 N–H and O–H groups in total. The summed E-state index contributed by atoms with van der Waals surface area (Å²) in [5.41, 5.74) is 0. The van der Waals surface area contributed by atoms with Gasteiger partial charge in [-0.1, -0.05) is 13.8 Å². The van der Waals surface area contributed by atoms with Crippen molar-refractivity contribution in [1.29, 1.82) is 5.26 Å². The second-order valence-electron chi connectivity index (χ2n) is 2.77. The van der Waals surface area contributed by atoms with Crippen LogP contribution in [0.15, 0.2) is 0 Å². The van der Waals surface area contributed by atoms with Gasteiger partial charge in [0.2, 0.25) is 0 Å². The monoisotopic (exact) mass is 155 g/mol. The van der Waals surface area contributed by atoms with Crippen molar-refractivity contribution in [2.24, 2.45) is 5.92 Å². The quantitative estimate of drug-likeness (QED) is 0.580. The van der Waals surface area contributed by atoms with E-state index in [0.717, 1.165) is 0 Å². The fraction of sp³-hybridized carbons (Fsp3) is 0.750. The summed E-state index contributed by atoms with van der Waals surface area (Å²) in [6.45, 7) is 5.74. The molecule has 3 heteroatoms. The van der Waals surface area contributed by atoms with Crippen molar-refractivity contribution in [2.75, 3.05) is 0 Å². The zero-order valence-electron chi connectivity index (χ0n) is 7.13. The Hall–Kier alpha value is -1.04. The fourth-order valence-electron chi connectivity index (χ4n) is 0.450. The van der Waals surface area contributed by atoms with Gasteiger partial charge in [0.1, 0.15) is 12.5 Å². The van der Waals surface area contributed by atoms with Crippen LogP contribution in [0.2, 0.25) is 0 Å². The van der Waals surface area contributed by atoms with Gasteiger partial charge in [-0.15, -0.1) is 0 Å². The standard InChI is InChI=1S/C8H13NO2/c1-6(2)7(3)11-8(10)4-5-9/h6-7H,4H2,1-3H3. The molecule has 0 aromatic carbocycles. The van der Waals surface area contributed by atoms with Gasteiger partial charge < -0.3 is 4.74 Å². The summed E-state index contributed by atoms with van der Waals surface area (Å²) in [6.07, 6.45) is -0.257. The van der Waals surface area contributed by atoms with Crippen molar-refractivity contribution >= 4 is 5.97 Å². The molecule has 0 aliphatic heterocycles. The lowest BCUT2D eigenvalue weighted by atomic mass is 10.1. The molecule has 0 aromatic rings. The largest absolute Gasteiger partial charge is 0.462 e. The number of carbonyl (C=O) groups excluding carboxylic acids is 1. The molecule has 0 heterocycles. The molecule has 0 radical (unpaired) electrons. The maximum Gasteiger partial charge on any atom is 0.320 e. The number of rotatable bonds is 3. The Labute approximate surface area is 67.0 Å². The minimum absolute atomic E-state index is 0.101. The van der Waals surface area contributed by atoms with Gasteiger partial charge in [-0.3, -0.25) is 4.79 Å². The third kappa shape index (κ3) is 4.38. The number of nitrogens with zero attached hydrogens (tertiary/aromatic N) is 1. The number of carbonyl (C=O) groups is 1. The lowest BCUT2D eigenvalue weighted by molar-refractivity contribution is -0.148. The molecule has 0 aromatic heterocycles. The van der Waals surface area contributed by atoms with E-state index in [1.807, 2.05) is 20.8 Å². The molecule has 3 nitrogen and oxygen atoms in total. The minimum atomic E-state index is -0.436. The van der Waals surface area contributed by atoms with Crippen LogP contribution >= 0.6 is 0 Å². The maximum absolute atomic E-state index is 10.7. The Bertz CT molecular complexity index is 169. The highest BCUT2D eigenvalue weighted by Crippen LogP contribution is 2.05. The van der Waals surface area contributed by atoms with Crippen LogP contribution in [0.3, 0.4) is 0 Å². The highest BCUT2D eigenvalue weighted by atomic mass is 16.5. The third-order valence-electron chi connectivity index (χ3n) is 1.48. The van der Waals surface area contributed by atoms with E-state index >= 15 is 0 Å². The van der Waals surface area contributed by atoms with E-state index in [1.165, 1.54) is 0 Å². The molecular weight excluding hydrogens is 142 g/mol. The van der Waals surface area contributed by atoms with Crippen LogP contribution in [0.5, 0.6) is 0 Å². The number of esters is 1. The van der Waals surface area contributed by atoms with Gasteiger partial charge in [0.25, 0.3) is 0 Å². The molecular formula is C8H13NO2. The third-order valence-corrected chi connectivity index (χ3v) is 1.48. The second-order valence-corrected chi connectivity index (χ2v) is 2.77. The molecule has 0 spiro atoms. The zero-order chi connectivity index (χ0) is 8.85. The summed E-state index contributed by atoms with van der Waals surface area (Å²) in [5, 5.41) is 8.14. The molecule has 0 saturated heterocycles. The van der Waals surface area contributed by atoms with Gasteiger partial charge in [-0.2, -0.15) is 5.26 Å². The number of ether oxygens (including phenoxy) is 1. The van der Waals surface area contributed by atoms with E-state index < -0.39 is 5.97 Å². The Kier molecular flexibility index (Phi) is 4.28. The smallest absolute Gasteiger partial charge is 0.320 e. The van der Waals surface area contributed by atoms with Gasteiger partial charge in [0.05, 0.1) is 6.07 Å². The first-order valence-corrected chi connectivity index (χ1v) is 3.64. The van der Waals surface area contributed by atoms with Crippen molar-refractivity contribution in [3.63, 3.8) is 0 Å². The zero-order valence-corrected chi connectivity index (χ0v) is 7.13. The summed E-state index contributed by atoms with van der Waals surface area (Å²) in [6, 6.07) is 1.74. The number of hydrogen-bond donors (Lipinski definition) is 0. The summed E-state index contributed by atoms with van der Waals surface area (Å²) in [4.78, 5) is 10.7. The molecule has 0 aliphatic carbocycles. The Morgan fingerprint density at radius 2 is 2.09 bits per heavy atom. The average Bonchev–Trinajstić information content (AvgIpc) is 1.87. The fourth-order valence-corrected chi connectivity index (χ4v) is 0.450. The van der Waals surface area contributed by atoms with Crippen LogP contribution in [-0.4, -0.2) is 12.1 Å². The van der Waals surface area contributed by atoms with Crippen molar-refractivity contribution < 1.29 is 9.53 Å². The first kappa shape index (κ1) is 9.96. The van der Waals surface area contributed by atoms with Crippen molar-refractivity contribution in [3.8, 4) is 6.07 Å². The highest BCUT2D eigenvalue weighted by molar-refractivity contribution is 5.71. The van der Waals surface area contributed by atoms with Crippen LogP contribution in [0.4, 0.5) is 0 Å². The van der Waals surface area contributed by atoms with E-state index in [4.69, 9.17) is 10.00 Å². The highest BCUT2D eigenvalue weighted by Gasteiger charge is 2.11. The van der Waals surface area contributed by atoms with Crippen LogP contribution in [0.1, 0.15) is 27.2 Å². The summed E-state index contributed by atoms with van der Waals surface area (Å²) in [5.74, 6) is -0.133.